The summed E-state index contributed by atoms with van der Waals surface area (Å²) in [5.74, 6) is 2.76. The molecule has 2 aliphatic rings. The maximum Gasteiger partial charge on any atom is 0.259 e. The lowest BCUT2D eigenvalue weighted by Gasteiger charge is -2.30. The van der Waals surface area contributed by atoms with Gasteiger partial charge in [0, 0.05) is 18.9 Å². The summed E-state index contributed by atoms with van der Waals surface area (Å²) >= 11 is 0. The Morgan fingerprint density at radius 2 is 2.15 bits per heavy atom. The van der Waals surface area contributed by atoms with Gasteiger partial charge < -0.3 is 5.32 Å². The van der Waals surface area contributed by atoms with Crippen LogP contribution in [0.1, 0.15) is 78.5 Å². The maximum absolute atomic E-state index is 12.8. The minimum absolute atomic E-state index is 0.0517. The maximum atomic E-state index is 12.8. The van der Waals surface area contributed by atoms with Gasteiger partial charge in [0.15, 0.2) is 0 Å². The van der Waals surface area contributed by atoms with E-state index in [2.05, 4.69) is 42.5 Å². The number of nitrogens with zero attached hydrogens (tertiary/aromatic N) is 2. The van der Waals surface area contributed by atoms with Crippen LogP contribution in [0.25, 0.3) is 0 Å². The molecule has 2 aliphatic carbocycles. The predicted molar refractivity (Wildman–Crippen MR) is 105 cm³/mol. The van der Waals surface area contributed by atoms with E-state index in [1.54, 1.807) is 10.9 Å². The van der Waals surface area contributed by atoms with E-state index in [9.17, 15) is 4.79 Å². The second kappa shape index (κ2) is 6.57. The van der Waals surface area contributed by atoms with Crippen LogP contribution < -0.4 is 5.32 Å². The highest BCUT2D eigenvalue weighted by Crippen LogP contribution is 2.56. The standard InChI is InChI=1S/C22H29N3O/c1-13(2)10-15-8-9-16-11-18(15)17-6-5-7-20(21(16)17)23-22(26)19-12-25(4)24-14(19)3/h5-7,12-13,15-16,18H,8-11H2,1-4H3,(H,23,26). The Balaban J connectivity index is 1.63. The number of nitrogens with one attached hydrogen (secondary N) is 1. The van der Waals surface area contributed by atoms with Crippen LogP contribution in [0.3, 0.4) is 0 Å². The molecule has 0 spiro atoms. The summed E-state index contributed by atoms with van der Waals surface area (Å²) in [5.41, 5.74) is 5.32. The largest absolute Gasteiger partial charge is 0.322 e. The number of hydrogen-bond donors (Lipinski definition) is 1. The fourth-order valence-corrected chi connectivity index (χ4v) is 5.25. The first-order valence-corrected chi connectivity index (χ1v) is 9.88. The van der Waals surface area contributed by atoms with Gasteiger partial charge in [0.25, 0.3) is 5.91 Å². The van der Waals surface area contributed by atoms with Crippen LogP contribution >= 0.6 is 0 Å². The van der Waals surface area contributed by atoms with Gasteiger partial charge in [0.1, 0.15) is 0 Å². The van der Waals surface area contributed by atoms with Crippen molar-refractivity contribution in [3.63, 3.8) is 0 Å². The zero-order valence-electron chi connectivity index (χ0n) is 16.2. The van der Waals surface area contributed by atoms with E-state index in [-0.39, 0.29) is 5.91 Å². The van der Waals surface area contributed by atoms with E-state index in [0.717, 1.165) is 23.2 Å². The molecule has 1 aromatic carbocycles. The van der Waals surface area contributed by atoms with Crippen molar-refractivity contribution in [1.82, 2.24) is 9.78 Å². The van der Waals surface area contributed by atoms with E-state index in [1.807, 2.05) is 14.0 Å². The average Bonchev–Trinajstić information content (AvgIpc) is 3.08. The Hall–Kier alpha value is -2.10. The lowest BCUT2D eigenvalue weighted by atomic mass is 9.74. The smallest absolute Gasteiger partial charge is 0.259 e. The molecule has 0 aliphatic heterocycles. The first kappa shape index (κ1) is 17.3. The zero-order chi connectivity index (χ0) is 18.4. The van der Waals surface area contributed by atoms with Crippen LogP contribution in [0, 0.1) is 18.8 Å². The topological polar surface area (TPSA) is 46.9 Å². The van der Waals surface area contributed by atoms with Gasteiger partial charge in [-0.3, -0.25) is 9.48 Å². The van der Waals surface area contributed by atoms with Crippen LogP contribution in [0.4, 0.5) is 5.69 Å². The molecule has 2 bridgehead atoms. The number of carbonyl (C=O) groups is 1. The molecule has 4 heteroatoms. The summed E-state index contributed by atoms with van der Waals surface area (Å²) in [6, 6.07) is 6.47. The number of aromatic nitrogens is 2. The van der Waals surface area contributed by atoms with Crippen LogP contribution in [0.15, 0.2) is 24.4 Å². The molecule has 0 saturated heterocycles. The van der Waals surface area contributed by atoms with Gasteiger partial charge in [-0.15, -0.1) is 0 Å². The van der Waals surface area contributed by atoms with Crippen LogP contribution in [-0.4, -0.2) is 15.7 Å². The predicted octanol–water partition coefficient (Wildman–Crippen LogP) is 5.01. The van der Waals surface area contributed by atoms with Crippen molar-refractivity contribution in [3.05, 3.63) is 46.8 Å². The molecule has 4 nitrogen and oxygen atoms in total. The lowest BCUT2D eigenvalue weighted by Crippen LogP contribution is -2.17. The summed E-state index contributed by atoms with van der Waals surface area (Å²) in [5, 5.41) is 7.48. The SMILES string of the molecule is Cc1nn(C)cc1C(=O)Nc1cccc2c1C1CCC(CC(C)C)C2C1. The third-order valence-corrected chi connectivity index (χ3v) is 6.22. The van der Waals surface area contributed by atoms with Crippen molar-refractivity contribution in [3.8, 4) is 0 Å². The number of anilines is 1. The average molecular weight is 351 g/mol. The number of amides is 1. The monoisotopic (exact) mass is 351 g/mol. The van der Waals surface area contributed by atoms with Crippen molar-refractivity contribution >= 4 is 11.6 Å². The van der Waals surface area contributed by atoms with Crippen LogP contribution in [0.2, 0.25) is 0 Å². The van der Waals surface area contributed by atoms with Crippen molar-refractivity contribution in [2.24, 2.45) is 18.9 Å². The van der Waals surface area contributed by atoms with Crippen LogP contribution in [-0.2, 0) is 7.05 Å². The van der Waals surface area contributed by atoms with E-state index < -0.39 is 0 Å². The van der Waals surface area contributed by atoms with Gasteiger partial charge >= 0.3 is 0 Å². The molecule has 4 rings (SSSR count). The molecule has 1 fully saturated rings. The Kier molecular flexibility index (Phi) is 4.37. The molecule has 26 heavy (non-hydrogen) atoms. The van der Waals surface area contributed by atoms with Gasteiger partial charge in [-0.25, -0.2) is 0 Å². The molecule has 0 radical (unpaired) electrons. The third kappa shape index (κ3) is 2.95. The molecule has 1 N–H and O–H groups in total. The van der Waals surface area contributed by atoms with Gasteiger partial charge in [-0.05, 0) is 73.5 Å². The van der Waals surface area contributed by atoms with Crippen LogP contribution in [0.5, 0.6) is 0 Å². The van der Waals surface area contributed by atoms with Gasteiger partial charge in [0.2, 0.25) is 0 Å². The molecular formula is C22H29N3O. The van der Waals surface area contributed by atoms with Crippen molar-refractivity contribution in [2.75, 3.05) is 5.32 Å². The molecule has 1 saturated carbocycles. The normalized spacial score (nSPS) is 24.0. The Morgan fingerprint density at radius 1 is 1.35 bits per heavy atom. The fraction of sp³-hybridized carbons (Fsp3) is 0.545. The highest BCUT2D eigenvalue weighted by molar-refractivity contribution is 6.05. The van der Waals surface area contributed by atoms with Gasteiger partial charge in [0.05, 0.1) is 11.3 Å². The molecule has 2 aromatic rings. The first-order chi connectivity index (χ1) is 12.4. The molecule has 1 heterocycles. The zero-order valence-corrected chi connectivity index (χ0v) is 16.2. The molecule has 1 aromatic heterocycles. The molecule has 138 valence electrons. The van der Waals surface area contributed by atoms with E-state index in [0.29, 0.717) is 17.4 Å². The van der Waals surface area contributed by atoms with E-state index in [4.69, 9.17) is 0 Å². The molecular weight excluding hydrogens is 322 g/mol. The number of benzene rings is 1. The quantitative estimate of drug-likeness (QED) is 0.842. The lowest BCUT2D eigenvalue weighted by molar-refractivity contribution is 0.102. The first-order valence-electron chi connectivity index (χ1n) is 9.88. The van der Waals surface area contributed by atoms with Crippen molar-refractivity contribution in [1.29, 1.82) is 0 Å². The van der Waals surface area contributed by atoms with Gasteiger partial charge in [-0.2, -0.15) is 5.10 Å². The molecule has 3 unspecified atom stereocenters. The summed E-state index contributed by atoms with van der Waals surface area (Å²) in [6.45, 7) is 6.54. The van der Waals surface area contributed by atoms with E-state index >= 15 is 0 Å². The summed E-state index contributed by atoms with van der Waals surface area (Å²) in [7, 11) is 1.85. The molecule has 3 atom stereocenters. The summed E-state index contributed by atoms with van der Waals surface area (Å²) < 4.78 is 1.70. The number of hydrogen-bond acceptors (Lipinski definition) is 2. The second-order valence-corrected chi connectivity index (χ2v) is 8.57. The number of rotatable bonds is 4. The Morgan fingerprint density at radius 3 is 2.85 bits per heavy atom. The van der Waals surface area contributed by atoms with Gasteiger partial charge in [-0.1, -0.05) is 26.0 Å². The molecule has 1 amide bonds. The highest BCUT2D eigenvalue weighted by atomic mass is 16.1. The summed E-state index contributed by atoms with van der Waals surface area (Å²) in [6.07, 6.45) is 6.93. The Labute approximate surface area is 156 Å². The minimum atomic E-state index is -0.0517. The fourth-order valence-electron chi connectivity index (χ4n) is 5.25. The Bertz CT molecular complexity index is 836. The minimum Gasteiger partial charge on any atom is -0.322 e. The number of fused-ring (bicyclic) bond motifs is 5. The summed E-state index contributed by atoms with van der Waals surface area (Å²) in [4.78, 5) is 12.8. The second-order valence-electron chi connectivity index (χ2n) is 8.57. The number of carbonyl (C=O) groups excluding carboxylic acids is 1. The van der Waals surface area contributed by atoms with E-state index in [1.165, 1.54) is 36.8 Å². The van der Waals surface area contributed by atoms with Crippen molar-refractivity contribution < 1.29 is 4.79 Å². The third-order valence-electron chi connectivity index (χ3n) is 6.22. The van der Waals surface area contributed by atoms with Crippen molar-refractivity contribution in [2.45, 2.75) is 58.3 Å². The highest BCUT2D eigenvalue weighted by Gasteiger charge is 2.41. The number of aryl methyl sites for hydroxylation is 2.